The second-order valence-electron chi connectivity index (χ2n) is 4.14. The minimum atomic E-state index is -0.696. The lowest BCUT2D eigenvalue weighted by atomic mass is 10.1. The van der Waals surface area contributed by atoms with Crippen LogP contribution >= 0.6 is 12.6 Å². The van der Waals surface area contributed by atoms with Gasteiger partial charge in [-0.3, -0.25) is 4.79 Å². The molecule has 0 aliphatic rings. The highest BCUT2D eigenvalue weighted by atomic mass is 32.1. The number of unbranched alkanes of at least 4 members (excludes halogenated alkanes) is 4. The first kappa shape index (κ1) is 14.8. The maximum atomic E-state index is 10.3. The van der Waals surface area contributed by atoms with Crippen molar-refractivity contribution in [1.82, 2.24) is 0 Å². The maximum absolute atomic E-state index is 10.3. The largest absolute Gasteiger partial charge is 0.481 e. The van der Waals surface area contributed by atoms with Crippen LogP contribution in [0.1, 0.15) is 64.7 Å². The van der Waals surface area contributed by atoms with E-state index in [0.717, 1.165) is 19.3 Å². The standard InChI is InChI=1S/C12H24O2S/c1-2-3-4-5-6-8-11(15)9-7-10-12(13)14/h11,15H,2-10H2,1H3,(H,13,14). The zero-order valence-corrected chi connectivity index (χ0v) is 10.6. The predicted octanol–water partition coefficient (Wildman–Crippen LogP) is 3.90. The Morgan fingerprint density at radius 2 is 1.73 bits per heavy atom. The van der Waals surface area contributed by atoms with Crippen LogP contribution in [0.3, 0.4) is 0 Å². The summed E-state index contributed by atoms with van der Waals surface area (Å²) in [5.74, 6) is -0.696. The van der Waals surface area contributed by atoms with Gasteiger partial charge in [0.05, 0.1) is 0 Å². The Labute approximate surface area is 98.9 Å². The molecular weight excluding hydrogens is 208 g/mol. The van der Waals surface area contributed by atoms with Crippen molar-refractivity contribution in [2.24, 2.45) is 0 Å². The molecule has 3 heteroatoms. The molecule has 0 saturated carbocycles. The van der Waals surface area contributed by atoms with Gasteiger partial charge in [-0.15, -0.1) is 0 Å². The van der Waals surface area contributed by atoms with Crippen LogP contribution in [0.15, 0.2) is 0 Å². The van der Waals surface area contributed by atoms with Crippen molar-refractivity contribution in [1.29, 1.82) is 0 Å². The normalized spacial score (nSPS) is 12.7. The number of rotatable bonds is 10. The van der Waals surface area contributed by atoms with Gasteiger partial charge in [-0.25, -0.2) is 0 Å². The van der Waals surface area contributed by atoms with E-state index in [0.29, 0.717) is 5.25 Å². The Morgan fingerprint density at radius 1 is 1.13 bits per heavy atom. The van der Waals surface area contributed by atoms with Crippen molar-refractivity contribution in [2.75, 3.05) is 0 Å². The number of thiol groups is 1. The SMILES string of the molecule is CCCCCCCC(S)CCCC(=O)O. The average molecular weight is 232 g/mol. The van der Waals surface area contributed by atoms with Gasteiger partial charge in [0.15, 0.2) is 0 Å². The van der Waals surface area contributed by atoms with Gasteiger partial charge in [-0.1, -0.05) is 39.0 Å². The fourth-order valence-electron chi connectivity index (χ4n) is 1.62. The topological polar surface area (TPSA) is 37.3 Å². The molecule has 0 bridgehead atoms. The zero-order chi connectivity index (χ0) is 11.5. The molecule has 0 spiro atoms. The van der Waals surface area contributed by atoms with Gasteiger partial charge >= 0.3 is 5.97 Å². The Hall–Kier alpha value is -0.180. The summed E-state index contributed by atoms with van der Waals surface area (Å²) < 4.78 is 0. The minimum Gasteiger partial charge on any atom is -0.481 e. The smallest absolute Gasteiger partial charge is 0.303 e. The van der Waals surface area contributed by atoms with Gasteiger partial charge in [0.1, 0.15) is 0 Å². The number of hydrogen-bond acceptors (Lipinski definition) is 2. The van der Waals surface area contributed by atoms with E-state index in [2.05, 4.69) is 19.6 Å². The molecule has 0 radical (unpaired) electrons. The molecule has 90 valence electrons. The molecule has 1 atom stereocenters. The number of carboxylic acid groups (broad SMARTS) is 1. The summed E-state index contributed by atoms with van der Waals surface area (Å²) in [6.07, 6.45) is 9.58. The molecule has 0 aromatic carbocycles. The van der Waals surface area contributed by atoms with E-state index >= 15 is 0 Å². The Balaban J connectivity index is 3.18. The monoisotopic (exact) mass is 232 g/mol. The average Bonchev–Trinajstić information content (AvgIpc) is 2.17. The van der Waals surface area contributed by atoms with Crippen LogP contribution < -0.4 is 0 Å². The maximum Gasteiger partial charge on any atom is 0.303 e. The Bertz CT molecular complexity index is 160. The molecular formula is C12H24O2S. The van der Waals surface area contributed by atoms with Crippen molar-refractivity contribution in [2.45, 2.75) is 70.0 Å². The molecule has 2 nitrogen and oxygen atoms in total. The summed E-state index contributed by atoms with van der Waals surface area (Å²) in [6.45, 7) is 2.22. The highest BCUT2D eigenvalue weighted by Crippen LogP contribution is 2.15. The van der Waals surface area contributed by atoms with Gasteiger partial charge in [-0.05, 0) is 19.3 Å². The lowest BCUT2D eigenvalue weighted by Gasteiger charge is -2.09. The molecule has 0 fully saturated rings. The highest BCUT2D eigenvalue weighted by Gasteiger charge is 2.04. The highest BCUT2D eigenvalue weighted by molar-refractivity contribution is 7.80. The third-order valence-electron chi connectivity index (χ3n) is 2.57. The fourth-order valence-corrected chi connectivity index (χ4v) is 1.98. The summed E-state index contributed by atoms with van der Waals surface area (Å²) in [6, 6.07) is 0. The molecule has 0 aromatic rings. The van der Waals surface area contributed by atoms with Crippen LogP contribution in [0.2, 0.25) is 0 Å². The minimum absolute atomic E-state index is 0.285. The van der Waals surface area contributed by atoms with Crippen molar-refractivity contribution < 1.29 is 9.90 Å². The molecule has 0 saturated heterocycles. The van der Waals surface area contributed by atoms with Crippen molar-refractivity contribution in [3.8, 4) is 0 Å². The van der Waals surface area contributed by atoms with E-state index in [1.165, 1.54) is 32.1 Å². The quantitative estimate of drug-likeness (QED) is 0.443. The molecule has 0 amide bonds. The van der Waals surface area contributed by atoms with Crippen LogP contribution in [0.25, 0.3) is 0 Å². The van der Waals surface area contributed by atoms with Crippen LogP contribution in [-0.4, -0.2) is 16.3 Å². The third-order valence-corrected chi connectivity index (χ3v) is 3.09. The summed E-state index contributed by atoms with van der Waals surface area (Å²) in [5, 5.41) is 8.87. The van der Waals surface area contributed by atoms with Gasteiger partial charge in [0, 0.05) is 11.7 Å². The molecule has 0 aliphatic carbocycles. The summed E-state index contributed by atoms with van der Waals surface area (Å²) in [7, 11) is 0. The molecule has 0 aliphatic heterocycles. The van der Waals surface area contributed by atoms with Crippen LogP contribution in [0, 0.1) is 0 Å². The molecule has 1 unspecified atom stereocenters. The zero-order valence-electron chi connectivity index (χ0n) is 9.74. The number of aliphatic carboxylic acids is 1. The fraction of sp³-hybridized carbons (Fsp3) is 0.917. The van der Waals surface area contributed by atoms with E-state index in [-0.39, 0.29) is 6.42 Å². The lowest BCUT2D eigenvalue weighted by Crippen LogP contribution is -2.01. The lowest BCUT2D eigenvalue weighted by molar-refractivity contribution is -0.137. The van der Waals surface area contributed by atoms with Gasteiger partial charge < -0.3 is 5.11 Å². The molecule has 0 aromatic heterocycles. The van der Waals surface area contributed by atoms with Crippen LogP contribution in [0.5, 0.6) is 0 Å². The second-order valence-corrected chi connectivity index (χ2v) is 4.87. The summed E-state index contributed by atoms with van der Waals surface area (Å²) in [5.41, 5.74) is 0. The predicted molar refractivity (Wildman–Crippen MR) is 67.6 cm³/mol. The Kier molecular flexibility index (Phi) is 10.2. The van der Waals surface area contributed by atoms with Crippen LogP contribution in [-0.2, 0) is 4.79 Å². The third kappa shape index (κ3) is 11.7. The van der Waals surface area contributed by atoms with Crippen LogP contribution in [0.4, 0.5) is 0 Å². The first-order valence-electron chi connectivity index (χ1n) is 6.06. The summed E-state index contributed by atoms with van der Waals surface area (Å²) >= 11 is 4.46. The number of carboxylic acids is 1. The first-order chi connectivity index (χ1) is 7.16. The van der Waals surface area contributed by atoms with E-state index < -0.39 is 5.97 Å². The molecule has 1 N–H and O–H groups in total. The summed E-state index contributed by atoms with van der Waals surface area (Å²) in [4.78, 5) is 10.3. The van der Waals surface area contributed by atoms with Crippen molar-refractivity contribution in [3.63, 3.8) is 0 Å². The van der Waals surface area contributed by atoms with Crippen molar-refractivity contribution >= 4 is 18.6 Å². The molecule has 0 rings (SSSR count). The van der Waals surface area contributed by atoms with E-state index in [1.54, 1.807) is 0 Å². The van der Waals surface area contributed by atoms with E-state index in [1.807, 2.05) is 0 Å². The number of hydrogen-bond donors (Lipinski definition) is 2. The van der Waals surface area contributed by atoms with Gasteiger partial charge in [0.25, 0.3) is 0 Å². The van der Waals surface area contributed by atoms with Crippen molar-refractivity contribution in [3.05, 3.63) is 0 Å². The van der Waals surface area contributed by atoms with E-state index in [9.17, 15) is 4.79 Å². The second kappa shape index (κ2) is 10.3. The van der Waals surface area contributed by atoms with E-state index in [4.69, 9.17) is 5.11 Å². The molecule has 15 heavy (non-hydrogen) atoms. The molecule has 0 heterocycles. The Morgan fingerprint density at radius 3 is 2.33 bits per heavy atom. The van der Waals surface area contributed by atoms with Gasteiger partial charge in [-0.2, -0.15) is 12.6 Å². The first-order valence-corrected chi connectivity index (χ1v) is 6.58. The van der Waals surface area contributed by atoms with Gasteiger partial charge in [0.2, 0.25) is 0 Å². The number of carbonyl (C=O) groups is 1.